The number of pyridine rings is 1. The van der Waals surface area contributed by atoms with Crippen LogP contribution in [0.1, 0.15) is 12.8 Å². The molecule has 1 aromatic heterocycles. The smallest absolute Gasteiger partial charge is 0.222 e. The van der Waals surface area contributed by atoms with E-state index in [2.05, 4.69) is 38.4 Å². The highest BCUT2D eigenvalue weighted by molar-refractivity contribution is 9.10. The summed E-state index contributed by atoms with van der Waals surface area (Å²) in [6.07, 6.45) is 3.49. The fraction of sp³-hybridized carbons (Fsp3) is 0.375. The van der Waals surface area contributed by atoms with Gasteiger partial charge in [0.05, 0.1) is 0 Å². The topological polar surface area (TPSA) is 45.2 Å². The maximum absolute atomic E-state index is 11.7. The fourth-order valence-corrected chi connectivity index (χ4v) is 3.17. The maximum atomic E-state index is 11.7. The van der Waals surface area contributed by atoms with Gasteiger partial charge in [0, 0.05) is 48.0 Å². The number of halogens is 1. The van der Waals surface area contributed by atoms with Gasteiger partial charge in [-0.2, -0.15) is 0 Å². The van der Waals surface area contributed by atoms with Crippen molar-refractivity contribution in [3.63, 3.8) is 0 Å². The van der Waals surface area contributed by atoms with Crippen molar-refractivity contribution in [2.45, 2.75) is 12.8 Å². The number of aromatic nitrogens is 1. The average Bonchev–Trinajstić information content (AvgIpc) is 2.50. The quantitative estimate of drug-likeness (QED) is 0.926. The van der Waals surface area contributed by atoms with Crippen LogP contribution in [0.2, 0.25) is 0 Å². The molecule has 4 nitrogen and oxygen atoms in total. The van der Waals surface area contributed by atoms with Crippen molar-refractivity contribution < 1.29 is 4.79 Å². The van der Waals surface area contributed by atoms with Gasteiger partial charge in [-0.15, -0.1) is 0 Å². The first-order chi connectivity index (χ1) is 10.1. The Hall–Kier alpha value is -1.62. The first-order valence-electron chi connectivity index (χ1n) is 7.16. The molecule has 2 aromatic rings. The Kier molecular flexibility index (Phi) is 4.10. The average molecular weight is 348 g/mol. The Bertz CT molecular complexity index is 674. The van der Waals surface area contributed by atoms with Gasteiger partial charge in [0.2, 0.25) is 5.91 Å². The number of carbonyl (C=O) groups is 1. The molecule has 1 amide bonds. The van der Waals surface area contributed by atoms with Crippen LogP contribution in [0.5, 0.6) is 0 Å². The minimum absolute atomic E-state index is 0.238. The lowest BCUT2D eigenvalue weighted by Gasteiger charge is -2.29. The van der Waals surface area contributed by atoms with Crippen molar-refractivity contribution >= 4 is 38.4 Å². The Labute approximate surface area is 132 Å². The van der Waals surface area contributed by atoms with Crippen molar-refractivity contribution in [2.24, 2.45) is 5.92 Å². The second-order valence-corrected chi connectivity index (χ2v) is 6.41. The van der Waals surface area contributed by atoms with Gasteiger partial charge in [0.1, 0.15) is 5.82 Å². The Morgan fingerprint density at radius 2 is 2.14 bits per heavy atom. The van der Waals surface area contributed by atoms with Crippen molar-refractivity contribution in [3.05, 3.63) is 34.9 Å². The van der Waals surface area contributed by atoms with E-state index in [1.54, 1.807) is 0 Å². The Morgan fingerprint density at radius 1 is 1.38 bits per heavy atom. The summed E-state index contributed by atoms with van der Waals surface area (Å²) in [4.78, 5) is 18.0. The number of hydrogen-bond donors (Lipinski definition) is 1. The van der Waals surface area contributed by atoms with E-state index in [0.29, 0.717) is 12.3 Å². The van der Waals surface area contributed by atoms with Crippen LogP contribution in [0.4, 0.5) is 5.82 Å². The minimum Gasteiger partial charge on any atom is -0.369 e. The Balaban J connectivity index is 1.74. The third-order valence-electron chi connectivity index (χ3n) is 4.07. The zero-order chi connectivity index (χ0) is 14.8. The maximum Gasteiger partial charge on any atom is 0.222 e. The molecular weight excluding hydrogens is 330 g/mol. The predicted octanol–water partition coefficient (Wildman–Crippen LogP) is 3.28. The van der Waals surface area contributed by atoms with E-state index in [1.165, 1.54) is 0 Å². The summed E-state index contributed by atoms with van der Waals surface area (Å²) < 4.78 is 0.998. The normalized spacial score (nSPS) is 19.0. The first-order valence-corrected chi connectivity index (χ1v) is 7.95. The molecule has 1 atom stereocenters. The van der Waals surface area contributed by atoms with Crippen molar-refractivity contribution in [2.75, 3.05) is 25.5 Å². The second kappa shape index (κ2) is 6.02. The highest BCUT2D eigenvalue weighted by atomic mass is 79.9. The van der Waals surface area contributed by atoms with Crippen LogP contribution >= 0.6 is 15.9 Å². The monoisotopic (exact) mass is 347 g/mol. The largest absolute Gasteiger partial charge is 0.369 e. The molecule has 1 saturated heterocycles. The van der Waals surface area contributed by atoms with Gasteiger partial charge < -0.3 is 10.2 Å². The lowest BCUT2D eigenvalue weighted by molar-refractivity contribution is -0.133. The molecule has 0 aliphatic carbocycles. The molecule has 0 saturated carbocycles. The predicted molar refractivity (Wildman–Crippen MR) is 88.3 cm³/mol. The summed E-state index contributed by atoms with van der Waals surface area (Å²) in [6.45, 7) is 1.64. The van der Waals surface area contributed by atoms with Gasteiger partial charge in [-0.3, -0.25) is 4.79 Å². The SMILES string of the molecule is CN1CCC(CNc2ncc(Br)c3ccccc23)CC1=O. The third-order valence-corrected chi connectivity index (χ3v) is 4.70. The van der Waals surface area contributed by atoms with Gasteiger partial charge in [-0.05, 0) is 28.3 Å². The third kappa shape index (κ3) is 3.02. The van der Waals surface area contributed by atoms with Crippen LogP contribution in [0.15, 0.2) is 34.9 Å². The molecule has 0 radical (unpaired) electrons. The van der Waals surface area contributed by atoms with E-state index >= 15 is 0 Å². The van der Waals surface area contributed by atoms with E-state index in [-0.39, 0.29) is 5.91 Å². The highest BCUT2D eigenvalue weighted by Crippen LogP contribution is 2.28. The number of nitrogens with zero attached hydrogens (tertiary/aromatic N) is 2. The van der Waals surface area contributed by atoms with Crippen molar-refractivity contribution in [3.8, 4) is 0 Å². The number of rotatable bonds is 3. The molecule has 110 valence electrons. The number of carbonyl (C=O) groups excluding carboxylic acids is 1. The van der Waals surface area contributed by atoms with Gasteiger partial charge in [-0.25, -0.2) is 4.98 Å². The standard InChI is InChI=1S/C16H18BrN3O/c1-20-7-6-11(8-15(20)21)9-18-16-13-5-3-2-4-12(13)14(17)10-19-16/h2-5,10-11H,6-9H2,1H3,(H,18,19). The summed E-state index contributed by atoms with van der Waals surface area (Å²) in [5, 5.41) is 5.67. The van der Waals surface area contributed by atoms with Gasteiger partial charge in [0.15, 0.2) is 0 Å². The molecule has 1 fully saturated rings. The van der Waals surface area contributed by atoms with E-state index in [0.717, 1.165) is 40.6 Å². The van der Waals surface area contributed by atoms with Gasteiger partial charge in [0.25, 0.3) is 0 Å². The number of piperidine rings is 1. The van der Waals surface area contributed by atoms with Gasteiger partial charge >= 0.3 is 0 Å². The summed E-state index contributed by atoms with van der Waals surface area (Å²) in [5.41, 5.74) is 0. The molecule has 2 heterocycles. The molecule has 3 rings (SSSR count). The molecular formula is C16H18BrN3O. The number of benzene rings is 1. The van der Waals surface area contributed by atoms with Crippen molar-refractivity contribution in [1.29, 1.82) is 0 Å². The number of fused-ring (bicyclic) bond motifs is 1. The summed E-state index contributed by atoms with van der Waals surface area (Å²) in [5.74, 6) is 1.51. The number of anilines is 1. The van der Waals surface area contributed by atoms with Crippen LogP contribution in [0.25, 0.3) is 10.8 Å². The van der Waals surface area contributed by atoms with Crippen LogP contribution in [0, 0.1) is 5.92 Å². The molecule has 1 N–H and O–H groups in total. The molecule has 0 spiro atoms. The number of amides is 1. The van der Waals surface area contributed by atoms with E-state index in [9.17, 15) is 4.79 Å². The molecule has 1 unspecified atom stereocenters. The molecule has 21 heavy (non-hydrogen) atoms. The van der Waals surface area contributed by atoms with Crippen molar-refractivity contribution in [1.82, 2.24) is 9.88 Å². The lowest BCUT2D eigenvalue weighted by Crippen LogP contribution is -2.37. The summed E-state index contributed by atoms with van der Waals surface area (Å²) >= 11 is 3.53. The lowest BCUT2D eigenvalue weighted by atomic mass is 9.96. The van der Waals surface area contributed by atoms with Crippen LogP contribution in [-0.2, 0) is 4.79 Å². The van der Waals surface area contributed by atoms with E-state index in [4.69, 9.17) is 0 Å². The first kappa shape index (κ1) is 14.3. The number of nitrogens with one attached hydrogen (secondary N) is 1. The fourth-order valence-electron chi connectivity index (χ4n) is 2.72. The van der Waals surface area contributed by atoms with E-state index < -0.39 is 0 Å². The van der Waals surface area contributed by atoms with Crippen LogP contribution in [0.3, 0.4) is 0 Å². The van der Waals surface area contributed by atoms with Gasteiger partial charge in [-0.1, -0.05) is 24.3 Å². The number of hydrogen-bond acceptors (Lipinski definition) is 3. The molecule has 1 aliphatic rings. The molecule has 0 bridgehead atoms. The Morgan fingerprint density at radius 3 is 2.90 bits per heavy atom. The summed E-state index contributed by atoms with van der Waals surface area (Å²) in [6, 6.07) is 8.17. The van der Waals surface area contributed by atoms with Crippen LogP contribution in [-0.4, -0.2) is 35.9 Å². The molecule has 1 aliphatic heterocycles. The highest BCUT2D eigenvalue weighted by Gasteiger charge is 2.23. The number of likely N-dealkylation sites (tertiary alicyclic amines) is 1. The molecule has 1 aromatic carbocycles. The molecule has 5 heteroatoms. The summed E-state index contributed by atoms with van der Waals surface area (Å²) in [7, 11) is 1.87. The van der Waals surface area contributed by atoms with E-state index in [1.807, 2.05) is 30.3 Å². The second-order valence-electron chi connectivity index (χ2n) is 5.56. The minimum atomic E-state index is 0.238. The zero-order valence-corrected chi connectivity index (χ0v) is 13.6. The zero-order valence-electron chi connectivity index (χ0n) is 12.0. The van der Waals surface area contributed by atoms with Crippen LogP contribution < -0.4 is 5.32 Å².